The molecule has 0 spiro atoms. The molecule has 19 heavy (non-hydrogen) atoms. The Morgan fingerprint density at radius 1 is 1.11 bits per heavy atom. The summed E-state index contributed by atoms with van der Waals surface area (Å²) >= 11 is 0. The fourth-order valence-electron chi connectivity index (χ4n) is 2.45. The van der Waals surface area contributed by atoms with E-state index in [9.17, 15) is 4.79 Å². The molecule has 2 rings (SSSR count). The SMILES string of the molecule is [CH2]C(C(=O)c1cccc2ccccc12)N(CC)CC. The Balaban J connectivity index is 2.41. The van der Waals surface area contributed by atoms with Crippen LogP contribution in [0.4, 0.5) is 0 Å². The molecule has 1 atom stereocenters. The van der Waals surface area contributed by atoms with Crippen LogP contribution in [0.25, 0.3) is 10.8 Å². The molecule has 2 aromatic carbocycles. The highest BCUT2D eigenvalue weighted by Crippen LogP contribution is 2.20. The third kappa shape index (κ3) is 2.69. The molecule has 2 aromatic rings. The van der Waals surface area contributed by atoms with E-state index in [1.807, 2.05) is 42.5 Å². The van der Waals surface area contributed by atoms with Crippen LogP contribution in [0.5, 0.6) is 0 Å². The lowest BCUT2D eigenvalue weighted by atomic mass is 9.97. The van der Waals surface area contributed by atoms with Crippen molar-refractivity contribution >= 4 is 16.6 Å². The van der Waals surface area contributed by atoms with Gasteiger partial charge < -0.3 is 0 Å². The Hall–Kier alpha value is -1.67. The molecule has 0 heterocycles. The van der Waals surface area contributed by atoms with E-state index in [-0.39, 0.29) is 11.8 Å². The van der Waals surface area contributed by atoms with Gasteiger partial charge in [-0.1, -0.05) is 56.3 Å². The first-order valence-electron chi connectivity index (χ1n) is 6.78. The molecule has 2 heteroatoms. The van der Waals surface area contributed by atoms with E-state index < -0.39 is 0 Å². The fraction of sp³-hybridized carbons (Fsp3) is 0.294. The predicted octanol–water partition coefficient (Wildman–Crippen LogP) is 3.57. The second-order valence-electron chi connectivity index (χ2n) is 4.63. The second kappa shape index (κ2) is 5.98. The minimum absolute atomic E-state index is 0.0977. The van der Waals surface area contributed by atoms with Crippen molar-refractivity contribution in [2.24, 2.45) is 0 Å². The van der Waals surface area contributed by atoms with E-state index in [1.54, 1.807) is 0 Å². The highest BCUT2D eigenvalue weighted by atomic mass is 16.1. The lowest BCUT2D eigenvalue weighted by molar-refractivity contribution is 0.0878. The third-order valence-corrected chi connectivity index (χ3v) is 3.61. The van der Waals surface area contributed by atoms with Crippen molar-refractivity contribution in [3.8, 4) is 0 Å². The minimum atomic E-state index is -0.319. The van der Waals surface area contributed by atoms with Crippen LogP contribution in [0.1, 0.15) is 24.2 Å². The van der Waals surface area contributed by atoms with Crippen molar-refractivity contribution in [3.05, 3.63) is 55.0 Å². The number of Topliss-reactive ketones (excluding diaryl/α,β-unsaturated/α-hetero) is 1. The van der Waals surface area contributed by atoms with Gasteiger partial charge in [-0.3, -0.25) is 9.69 Å². The molecular weight excluding hydrogens is 234 g/mol. The van der Waals surface area contributed by atoms with Crippen molar-refractivity contribution in [2.45, 2.75) is 19.9 Å². The van der Waals surface area contributed by atoms with Gasteiger partial charge in [-0.05, 0) is 30.8 Å². The molecule has 0 bridgehead atoms. The Bertz CT molecular complexity index is 567. The van der Waals surface area contributed by atoms with Gasteiger partial charge in [0.05, 0.1) is 6.04 Å². The number of benzene rings is 2. The van der Waals surface area contributed by atoms with E-state index in [1.165, 1.54) is 0 Å². The highest BCUT2D eigenvalue weighted by Gasteiger charge is 2.21. The summed E-state index contributed by atoms with van der Waals surface area (Å²) in [6, 6.07) is 13.5. The summed E-state index contributed by atoms with van der Waals surface area (Å²) in [5.74, 6) is 0.0977. The third-order valence-electron chi connectivity index (χ3n) is 3.61. The summed E-state index contributed by atoms with van der Waals surface area (Å²) < 4.78 is 0. The molecule has 0 aromatic heterocycles. The molecule has 0 aliphatic carbocycles. The minimum Gasteiger partial charge on any atom is -0.294 e. The van der Waals surface area contributed by atoms with Crippen molar-refractivity contribution in [3.63, 3.8) is 0 Å². The summed E-state index contributed by atoms with van der Waals surface area (Å²) in [7, 11) is 0. The number of rotatable bonds is 5. The van der Waals surface area contributed by atoms with Crippen molar-refractivity contribution in [2.75, 3.05) is 13.1 Å². The first-order chi connectivity index (χ1) is 9.19. The van der Waals surface area contributed by atoms with Gasteiger partial charge in [-0.2, -0.15) is 0 Å². The number of hydrogen-bond acceptors (Lipinski definition) is 2. The van der Waals surface area contributed by atoms with Crippen LogP contribution in [0.3, 0.4) is 0 Å². The molecule has 0 saturated heterocycles. The summed E-state index contributed by atoms with van der Waals surface area (Å²) in [4.78, 5) is 14.7. The zero-order valence-electron chi connectivity index (χ0n) is 11.6. The first-order valence-corrected chi connectivity index (χ1v) is 6.78. The standard InChI is InChI=1S/C17H20NO/c1-4-18(5-2)13(3)17(19)16-12-8-10-14-9-6-7-11-15(14)16/h6-13H,3-5H2,1-2H3. The van der Waals surface area contributed by atoms with Crippen molar-refractivity contribution in [1.82, 2.24) is 4.90 Å². The molecule has 2 nitrogen and oxygen atoms in total. The number of nitrogens with zero attached hydrogens (tertiary/aromatic N) is 1. The fourth-order valence-corrected chi connectivity index (χ4v) is 2.45. The summed E-state index contributed by atoms with van der Waals surface area (Å²) in [6.07, 6.45) is 0. The second-order valence-corrected chi connectivity index (χ2v) is 4.63. The smallest absolute Gasteiger partial charge is 0.180 e. The molecule has 0 saturated carbocycles. The molecule has 1 unspecified atom stereocenters. The molecule has 0 N–H and O–H groups in total. The molecule has 0 aliphatic rings. The van der Waals surface area contributed by atoms with Gasteiger partial charge in [-0.15, -0.1) is 0 Å². The van der Waals surface area contributed by atoms with E-state index in [2.05, 4.69) is 25.7 Å². The van der Waals surface area contributed by atoms with Crippen LogP contribution in [0.15, 0.2) is 42.5 Å². The number of hydrogen-bond donors (Lipinski definition) is 0. The van der Waals surface area contributed by atoms with Gasteiger partial charge in [0.1, 0.15) is 0 Å². The number of fused-ring (bicyclic) bond motifs is 1. The van der Waals surface area contributed by atoms with Gasteiger partial charge in [0.25, 0.3) is 0 Å². The predicted molar refractivity (Wildman–Crippen MR) is 80.3 cm³/mol. The Labute approximate surface area is 115 Å². The van der Waals surface area contributed by atoms with E-state index in [0.717, 1.165) is 29.4 Å². The lowest BCUT2D eigenvalue weighted by Crippen LogP contribution is -2.39. The maximum Gasteiger partial charge on any atom is 0.180 e. The Kier molecular flexibility index (Phi) is 4.33. The van der Waals surface area contributed by atoms with Gasteiger partial charge in [0, 0.05) is 5.56 Å². The van der Waals surface area contributed by atoms with Crippen LogP contribution in [-0.4, -0.2) is 29.8 Å². The Morgan fingerprint density at radius 3 is 2.42 bits per heavy atom. The summed E-state index contributed by atoms with van der Waals surface area (Å²) in [5, 5.41) is 2.11. The van der Waals surface area contributed by atoms with Crippen LogP contribution in [0, 0.1) is 6.92 Å². The van der Waals surface area contributed by atoms with Crippen LogP contribution in [-0.2, 0) is 0 Å². The molecule has 99 valence electrons. The monoisotopic (exact) mass is 254 g/mol. The van der Waals surface area contributed by atoms with E-state index >= 15 is 0 Å². The molecule has 0 amide bonds. The van der Waals surface area contributed by atoms with Gasteiger partial charge in [0.15, 0.2) is 5.78 Å². The molecule has 0 fully saturated rings. The average molecular weight is 254 g/mol. The van der Waals surface area contributed by atoms with Crippen LogP contribution >= 0.6 is 0 Å². The number of carbonyl (C=O) groups is 1. The zero-order chi connectivity index (χ0) is 13.8. The largest absolute Gasteiger partial charge is 0.294 e. The first kappa shape index (κ1) is 13.8. The Morgan fingerprint density at radius 2 is 1.74 bits per heavy atom. The quantitative estimate of drug-likeness (QED) is 0.760. The number of likely N-dealkylation sites (N-methyl/N-ethyl adjacent to an activating group) is 1. The van der Waals surface area contributed by atoms with Gasteiger partial charge in [0.2, 0.25) is 0 Å². The zero-order valence-corrected chi connectivity index (χ0v) is 11.6. The van der Waals surface area contributed by atoms with E-state index in [4.69, 9.17) is 0 Å². The number of carbonyl (C=O) groups excluding carboxylic acids is 1. The maximum absolute atomic E-state index is 12.6. The molecular formula is C17H20NO. The van der Waals surface area contributed by atoms with Crippen molar-refractivity contribution in [1.29, 1.82) is 0 Å². The van der Waals surface area contributed by atoms with Crippen molar-refractivity contribution < 1.29 is 4.79 Å². The topological polar surface area (TPSA) is 20.3 Å². The normalized spacial score (nSPS) is 12.8. The number of ketones is 1. The molecule has 0 aliphatic heterocycles. The van der Waals surface area contributed by atoms with Crippen LogP contribution < -0.4 is 0 Å². The average Bonchev–Trinajstić information content (AvgIpc) is 2.47. The van der Waals surface area contributed by atoms with Crippen LogP contribution in [0.2, 0.25) is 0 Å². The lowest BCUT2D eigenvalue weighted by Gasteiger charge is -2.25. The van der Waals surface area contributed by atoms with Gasteiger partial charge in [-0.25, -0.2) is 0 Å². The van der Waals surface area contributed by atoms with Gasteiger partial charge >= 0.3 is 0 Å². The summed E-state index contributed by atoms with van der Waals surface area (Å²) in [6.45, 7) is 9.82. The maximum atomic E-state index is 12.6. The molecule has 1 radical (unpaired) electrons. The van der Waals surface area contributed by atoms with E-state index in [0.29, 0.717) is 0 Å². The summed E-state index contributed by atoms with van der Waals surface area (Å²) in [5.41, 5.74) is 0.769. The highest BCUT2D eigenvalue weighted by molar-refractivity contribution is 6.10.